The highest BCUT2D eigenvalue weighted by Gasteiger charge is 2.31. The maximum absolute atomic E-state index is 10.6. The number of aromatic hydroxyl groups is 1. The molecule has 1 fully saturated rings. The number of aliphatic hydroxyl groups is 1. The summed E-state index contributed by atoms with van der Waals surface area (Å²) in [6.45, 7) is 0. The molecule has 0 saturated heterocycles. The Hall–Kier alpha value is -1.17. The van der Waals surface area contributed by atoms with E-state index in [-0.39, 0.29) is 24.1 Å². The van der Waals surface area contributed by atoms with Crippen LogP contribution in [0.4, 0.5) is 0 Å². The van der Waals surface area contributed by atoms with E-state index in [1.807, 2.05) is 0 Å². The van der Waals surface area contributed by atoms with Crippen molar-refractivity contribution in [3.05, 3.63) is 17.7 Å². The van der Waals surface area contributed by atoms with E-state index in [1.165, 1.54) is 32.8 Å². The Kier molecular flexibility index (Phi) is 7.26. The Morgan fingerprint density at radius 1 is 1.09 bits per heavy atom. The van der Waals surface area contributed by atoms with Crippen molar-refractivity contribution < 1.29 is 19.7 Å². The van der Waals surface area contributed by atoms with Crippen molar-refractivity contribution >= 4 is 12.4 Å². The van der Waals surface area contributed by atoms with Gasteiger partial charge in [-0.3, -0.25) is 0 Å². The van der Waals surface area contributed by atoms with Gasteiger partial charge < -0.3 is 25.4 Å². The van der Waals surface area contributed by atoms with E-state index in [0.717, 1.165) is 25.7 Å². The van der Waals surface area contributed by atoms with E-state index < -0.39 is 12.1 Å². The molecule has 5 nitrogen and oxygen atoms in total. The van der Waals surface area contributed by atoms with Gasteiger partial charge in [0, 0.05) is 12.1 Å². The molecule has 1 aliphatic rings. The molecule has 1 saturated carbocycles. The van der Waals surface area contributed by atoms with Crippen LogP contribution in [0.25, 0.3) is 0 Å². The molecule has 0 heterocycles. The summed E-state index contributed by atoms with van der Waals surface area (Å²) in [7, 11) is 3.02. The normalized spacial score (nSPS) is 18.2. The number of rotatable bonds is 5. The van der Waals surface area contributed by atoms with Gasteiger partial charge in [0.25, 0.3) is 0 Å². The second-order valence-corrected chi connectivity index (χ2v) is 5.68. The van der Waals surface area contributed by atoms with Gasteiger partial charge in [-0.2, -0.15) is 0 Å². The molecular formula is C16H26ClNO4. The largest absolute Gasteiger partial charge is 0.508 e. The van der Waals surface area contributed by atoms with Gasteiger partial charge in [0.2, 0.25) is 0 Å². The maximum Gasteiger partial charge on any atom is 0.131 e. The number of benzene rings is 1. The van der Waals surface area contributed by atoms with Gasteiger partial charge in [0.1, 0.15) is 17.2 Å². The highest BCUT2D eigenvalue weighted by Crippen LogP contribution is 2.41. The highest BCUT2D eigenvalue weighted by atomic mass is 35.5. The predicted molar refractivity (Wildman–Crippen MR) is 88.0 cm³/mol. The lowest BCUT2D eigenvalue weighted by atomic mass is 9.81. The van der Waals surface area contributed by atoms with E-state index in [9.17, 15) is 10.2 Å². The topological polar surface area (TPSA) is 84.9 Å². The number of nitrogens with two attached hydrogens (primary N) is 1. The minimum Gasteiger partial charge on any atom is -0.508 e. The second-order valence-electron chi connectivity index (χ2n) is 5.68. The van der Waals surface area contributed by atoms with Crippen molar-refractivity contribution in [2.45, 2.75) is 44.2 Å². The molecule has 0 radical (unpaired) electrons. The van der Waals surface area contributed by atoms with Crippen LogP contribution in [0, 0.1) is 5.92 Å². The summed E-state index contributed by atoms with van der Waals surface area (Å²) in [6, 6.07) is 2.38. The molecule has 0 bridgehead atoms. The average molecular weight is 332 g/mol. The third kappa shape index (κ3) is 3.97. The van der Waals surface area contributed by atoms with Gasteiger partial charge in [-0.25, -0.2) is 0 Å². The summed E-state index contributed by atoms with van der Waals surface area (Å²) in [5.41, 5.74) is 6.89. The second kappa shape index (κ2) is 8.46. The van der Waals surface area contributed by atoms with Crippen LogP contribution in [-0.2, 0) is 0 Å². The number of phenols is 1. The number of halogens is 1. The summed E-state index contributed by atoms with van der Waals surface area (Å²) < 4.78 is 10.6. The van der Waals surface area contributed by atoms with E-state index in [0.29, 0.717) is 17.1 Å². The number of hydrogen-bond acceptors (Lipinski definition) is 5. The third-order valence-corrected chi connectivity index (χ3v) is 4.36. The molecule has 22 heavy (non-hydrogen) atoms. The molecule has 0 unspecified atom stereocenters. The minimum atomic E-state index is -0.641. The van der Waals surface area contributed by atoms with Crippen LogP contribution in [-0.4, -0.2) is 30.5 Å². The first kappa shape index (κ1) is 18.9. The first-order chi connectivity index (χ1) is 10.1. The van der Waals surface area contributed by atoms with E-state index >= 15 is 0 Å². The molecule has 0 spiro atoms. The molecule has 2 rings (SSSR count). The lowest BCUT2D eigenvalue weighted by molar-refractivity contribution is 0.0603. The van der Waals surface area contributed by atoms with E-state index in [1.54, 1.807) is 0 Å². The molecule has 0 aromatic heterocycles. The van der Waals surface area contributed by atoms with Crippen LogP contribution >= 0.6 is 12.4 Å². The maximum atomic E-state index is 10.6. The molecule has 2 atom stereocenters. The minimum absolute atomic E-state index is 0. The Morgan fingerprint density at radius 2 is 1.59 bits per heavy atom. The SMILES string of the molecule is COc1cc(O)cc(OC)c1[C@H](N)[C@H](O)C1CCCCC1.Cl. The molecule has 0 aliphatic heterocycles. The number of ether oxygens (including phenoxy) is 2. The number of phenolic OH excluding ortho intramolecular Hbond substituents is 1. The molecule has 6 heteroatoms. The van der Waals surface area contributed by atoms with Gasteiger partial charge in [0.05, 0.1) is 31.9 Å². The smallest absolute Gasteiger partial charge is 0.131 e. The summed E-state index contributed by atoms with van der Waals surface area (Å²) in [5.74, 6) is 1.13. The summed E-state index contributed by atoms with van der Waals surface area (Å²) in [4.78, 5) is 0. The molecular weight excluding hydrogens is 306 g/mol. The summed E-state index contributed by atoms with van der Waals surface area (Å²) in [5, 5.41) is 20.3. The van der Waals surface area contributed by atoms with Crippen molar-refractivity contribution in [3.8, 4) is 17.2 Å². The zero-order chi connectivity index (χ0) is 15.4. The van der Waals surface area contributed by atoms with Crippen LogP contribution in [0.3, 0.4) is 0 Å². The predicted octanol–water partition coefficient (Wildman–Crippen LogP) is 2.77. The Morgan fingerprint density at radius 3 is 2.05 bits per heavy atom. The van der Waals surface area contributed by atoms with Crippen molar-refractivity contribution in [2.24, 2.45) is 11.7 Å². The zero-order valence-electron chi connectivity index (χ0n) is 13.1. The first-order valence-corrected chi connectivity index (χ1v) is 7.47. The average Bonchev–Trinajstić information content (AvgIpc) is 2.53. The summed E-state index contributed by atoms with van der Waals surface area (Å²) in [6.07, 6.45) is 4.86. The van der Waals surface area contributed by atoms with Crippen molar-refractivity contribution in [1.29, 1.82) is 0 Å². The standard InChI is InChI=1S/C16H25NO4.ClH/c1-20-12-8-11(18)9-13(21-2)14(12)15(17)16(19)10-6-4-3-5-7-10;/h8-10,15-16,18-19H,3-7,17H2,1-2H3;1H/t15-,16+;/m0./s1. The lowest BCUT2D eigenvalue weighted by Gasteiger charge is -2.31. The fourth-order valence-corrected chi connectivity index (χ4v) is 3.19. The van der Waals surface area contributed by atoms with Crippen molar-refractivity contribution in [3.63, 3.8) is 0 Å². The fraction of sp³-hybridized carbons (Fsp3) is 0.625. The fourth-order valence-electron chi connectivity index (χ4n) is 3.19. The molecule has 4 N–H and O–H groups in total. The van der Waals surface area contributed by atoms with Crippen LogP contribution in [0.15, 0.2) is 12.1 Å². The highest BCUT2D eigenvalue weighted by molar-refractivity contribution is 5.85. The molecule has 126 valence electrons. The van der Waals surface area contributed by atoms with Gasteiger partial charge in [0.15, 0.2) is 0 Å². The van der Waals surface area contributed by atoms with Crippen molar-refractivity contribution in [2.75, 3.05) is 14.2 Å². The van der Waals surface area contributed by atoms with Gasteiger partial charge in [-0.1, -0.05) is 19.3 Å². The monoisotopic (exact) mass is 331 g/mol. The molecule has 1 aromatic carbocycles. The van der Waals surface area contributed by atoms with Crippen LogP contribution in [0.1, 0.15) is 43.7 Å². The number of hydrogen-bond donors (Lipinski definition) is 3. The molecule has 0 amide bonds. The zero-order valence-corrected chi connectivity index (χ0v) is 13.9. The van der Waals surface area contributed by atoms with Crippen LogP contribution < -0.4 is 15.2 Å². The summed E-state index contributed by atoms with van der Waals surface area (Å²) >= 11 is 0. The number of aliphatic hydroxyl groups excluding tert-OH is 1. The van der Waals surface area contributed by atoms with Crippen molar-refractivity contribution in [1.82, 2.24) is 0 Å². The van der Waals surface area contributed by atoms with Gasteiger partial charge in [-0.15, -0.1) is 12.4 Å². The quantitative estimate of drug-likeness (QED) is 0.772. The van der Waals surface area contributed by atoms with Gasteiger partial charge in [-0.05, 0) is 18.8 Å². The molecule has 1 aromatic rings. The van der Waals surface area contributed by atoms with Crippen LogP contribution in [0.2, 0.25) is 0 Å². The molecule has 1 aliphatic carbocycles. The Bertz CT molecular complexity index is 452. The van der Waals surface area contributed by atoms with Crippen LogP contribution in [0.5, 0.6) is 17.2 Å². The van der Waals surface area contributed by atoms with E-state index in [4.69, 9.17) is 15.2 Å². The van der Waals surface area contributed by atoms with Gasteiger partial charge >= 0.3 is 0 Å². The Labute approximate surface area is 137 Å². The third-order valence-electron chi connectivity index (χ3n) is 4.36. The first-order valence-electron chi connectivity index (χ1n) is 7.47. The Balaban J connectivity index is 0.00000242. The number of methoxy groups -OCH3 is 2. The lowest BCUT2D eigenvalue weighted by Crippen LogP contribution is -2.34. The van der Waals surface area contributed by atoms with E-state index in [2.05, 4.69) is 0 Å².